The average Bonchev–Trinajstić information content (AvgIpc) is 2.37. The highest BCUT2D eigenvalue weighted by atomic mass is 35.5. The van der Waals surface area contributed by atoms with Gasteiger partial charge in [0.25, 0.3) is 5.91 Å². The van der Waals surface area contributed by atoms with Crippen molar-refractivity contribution in [3.05, 3.63) is 28.8 Å². The largest absolute Gasteiger partial charge is 0.385 e. The minimum absolute atomic E-state index is 0.00845. The van der Waals surface area contributed by atoms with Crippen molar-refractivity contribution in [2.24, 2.45) is 5.41 Å². The maximum Gasteiger partial charge on any atom is 0.256 e. The molecule has 0 radical (unpaired) electrons. The molecular formula is C16H25ClN2O. The molecular weight excluding hydrogens is 272 g/mol. The molecule has 0 bridgehead atoms. The number of amides is 1. The maximum absolute atomic E-state index is 12.7. The van der Waals surface area contributed by atoms with Gasteiger partial charge in [0.05, 0.1) is 5.56 Å². The molecule has 1 amide bonds. The Morgan fingerprint density at radius 1 is 1.40 bits per heavy atom. The molecule has 1 aromatic carbocycles. The number of halogens is 1. The zero-order chi connectivity index (χ0) is 15.5. The first-order valence-corrected chi connectivity index (χ1v) is 7.36. The summed E-state index contributed by atoms with van der Waals surface area (Å²) in [6.45, 7) is 11.2. The first-order valence-electron chi connectivity index (χ1n) is 6.99. The minimum atomic E-state index is -0.00845. The first-order chi connectivity index (χ1) is 9.18. The summed E-state index contributed by atoms with van der Waals surface area (Å²) in [6, 6.07) is 5.51. The number of nitrogens with one attached hydrogen (secondary N) is 1. The number of benzene rings is 1. The smallest absolute Gasteiger partial charge is 0.256 e. The van der Waals surface area contributed by atoms with Gasteiger partial charge in [0.2, 0.25) is 0 Å². The molecule has 0 aromatic heterocycles. The molecule has 0 aliphatic carbocycles. The number of anilines is 1. The summed E-state index contributed by atoms with van der Waals surface area (Å²) in [5.74, 6) is -0.00845. The van der Waals surface area contributed by atoms with E-state index in [1.807, 2.05) is 20.0 Å². The molecule has 20 heavy (non-hydrogen) atoms. The average molecular weight is 297 g/mol. The summed E-state index contributed by atoms with van der Waals surface area (Å²) in [5.41, 5.74) is 1.48. The maximum atomic E-state index is 12.7. The van der Waals surface area contributed by atoms with Crippen molar-refractivity contribution in [1.29, 1.82) is 0 Å². The topological polar surface area (TPSA) is 32.3 Å². The number of hydrogen-bond acceptors (Lipinski definition) is 2. The fourth-order valence-electron chi connectivity index (χ4n) is 1.98. The van der Waals surface area contributed by atoms with Gasteiger partial charge in [-0.1, -0.05) is 32.4 Å². The van der Waals surface area contributed by atoms with Crippen LogP contribution in [0.4, 0.5) is 5.69 Å². The van der Waals surface area contributed by atoms with E-state index in [4.69, 9.17) is 11.6 Å². The van der Waals surface area contributed by atoms with Gasteiger partial charge in [-0.3, -0.25) is 4.79 Å². The lowest BCUT2D eigenvalue weighted by atomic mass is 9.87. The summed E-state index contributed by atoms with van der Waals surface area (Å²) in [5, 5.41) is 3.79. The predicted octanol–water partition coefficient (Wildman–Crippen LogP) is 4.28. The van der Waals surface area contributed by atoms with Gasteiger partial charge < -0.3 is 10.2 Å². The Morgan fingerprint density at radius 2 is 2.00 bits per heavy atom. The predicted molar refractivity (Wildman–Crippen MR) is 86.6 cm³/mol. The molecule has 0 saturated carbocycles. The Kier molecular flexibility index (Phi) is 5.46. The van der Waals surface area contributed by atoms with Crippen LogP contribution >= 0.6 is 11.6 Å². The Bertz CT molecular complexity index is 480. The zero-order valence-electron chi connectivity index (χ0n) is 13.2. The van der Waals surface area contributed by atoms with Gasteiger partial charge in [-0.25, -0.2) is 0 Å². The van der Waals surface area contributed by atoms with Crippen LogP contribution in [0, 0.1) is 5.41 Å². The fourth-order valence-corrected chi connectivity index (χ4v) is 2.16. The molecule has 0 fully saturated rings. The molecule has 112 valence electrons. The van der Waals surface area contributed by atoms with Crippen LogP contribution in [0.3, 0.4) is 0 Å². The van der Waals surface area contributed by atoms with Gasteiger partial charge in [-0.15, -0.1) is 0 Å². The molecule has 1 atom stereocenters. The molecule has 1 unspecified atom stereocenters. The summed E-state index contributed by atoms with van der Waals surface area (Å²) in [7, 11) is 1.84. The standard InChI is InChI=1S/C16H25ClN2O/c1-7-18-14-9-8-12(17)10-13(14)15(20)19(6)11(2)16(3,4)5/h8-11,18H,7H2,1-6H3. The van der Waals surface area contributed by atoms with Gasteiger partial charge >= 0.3 is 0 Å². The normalized spacial score (nSPS) is 12.9. The van der Waals surface area contributed by atoms with Crippen LogP contribution in [0.1, 0.15) is 45.0 Å². The highest BCUT2D eigenvalue weighted by Gasteiger charge is 2.28. The Balaban J connectivity index is 3.10. The highest BCUT2D eigenvalue weighted by molar-refractivity contribution is 6.31. The molecule has 0 aliphatic heterocycles. The van der Waals surface area contributed by atoms with Crippen molar-refractivity contribution in [2.75, 3.05) is 18.9 Å². The zero-order valence-corrected chi connectivity index (χ0v) is 14.0. The third-order valence-electron chi connectivity index (χ3n) is 3.73. The summed E-state index contributed by atoms with van der Waals surface area (Å²) >= 11 is 6.04. The molecule has 1 rings (SSSR count). The van der Waals surface area contributed by atoms with Crippen molar-refractivity contribution in [3.63, 3.8) is 0 Å². The van der Waals surface area contributed by atoms with Crippen LogP contribution in [-0.4, -0.2) is 30.4 Å². The number of carbonyl (C=O) groups is 1. The van der Waals surface area contributed by atoms with E-state index in [1.165, 1.54) is 0 Å². The number of nitrogens with zero attached hydrogens (tertiary/aromatic N) is 1. The van der Waals surface area contributed by atoms with E-state index in [9.17, 15) is 4.79 Å². The Labute approximate surface area is 127 Å². The molecule has 3 nitrogen and oxygen atoms in total. The van der Waals surface area contributed by atoms with Gasteiger partial charge in [0.1, 0.15) is 0 Å². The van der Waals surface area contributed by atoms with E-state index in [1.54, 1.807) is 17.0 Å². The molecule has 0 heterocycles. The lowest BCUT2D eigenvalue weighted by Crippen LogP contribution is -2.43. The van der Waals surface area contributed by atoms with Gasteiger partial charge in [-0.05, 0) is 37.5 Å². The fraction of sp³-hybridized carbons (Fsp3) is 0.562. The lowest BCUT2D eigenvalue weighted by Gasteiger charge is -2.35. The van der Waals surface area contributed by atoms with Gasteiger partial charge in [-0.2, -0.15) is 0 Å². The van der Waals surface area contributed by atoms with E-state index in [0.29, 0.717) is 10.6 Å². The van der Waals surface area contributed by atoms with Gasteiger partial charge in [0, 0.05) is 30.3 Å². The van der Waals surface area contributed by atoms with Crippen LogP contribution in [0.5, 0.6) is 0 Å². The summed E-state index contributed by atoms with van der Waals surface area (Å²) < 4.78 is 0. The second-order valence-corrected chi connectivity index (χ2v) is 6.61. The molecule has 1 aromatic rings. The number of hydrogen-bond donors (Lipinski definition) is 1. The van der Waals surface area contributed by atoms with E-state index >= 15 is 0 Å². The summed E-state index contributed by atoms with van der Waals surface area (Å²) in [4.78, 5) is 14.5. The SMILES string of the molecule is CCNc1ccc(Cl)cc1C(=O)N(C)C(C)C(C)(C)C. The third-order valence-corrected chi connectivity index (χ3v) is 3.97. The first kappa shape index (κ1) is 16.8. The molecule has 1 N–H and O–H groups in total. The van der Waals surface area contributed by atoms with E-state index in [-0.39, 0.29) is 17.4 Å². The van der Waals surface area contributed by atoms with E-state index < -0.39 is 0 Å². The number of rotatable bonds is 4. The highest BCUT2D eigenvalue weighted by Crippen LogP contribution is 2.27. The third kappa shape index (κ3) is 3.89. The molecule has 0 saturated heterocycles. The molecule has 0 spiro atoms. The minimum Gasteiger partial charge on any atom is -0.385 e. The van der Waals surface area contributed by atoms with Crippen molar-refractivity contribution < 1.29 is 4.79 Å². The summed E-state index contributed by atoms with van der Waals surface area (Å²) in [6.07, 6.45) is 0. The van der Waals surface area contributed by atoms with Crippen LogP contribution < -0.4 is 5.32 Å². The Morgan fingerprint density at radius 3 is 2.50 bits per heavy atom. The van der Waals surface area contributed by atoms with Gasteiger partial charge in [0.15, 0.2) is 0 Å². The van der Waals surface area contributed by atoms with Crippen LogP contribution in [0.25, 0.3) is 0 Å². The van der Waals surface area contributed by atoms with E-state index in [2.05, 4.69) is 33.0 Å². The van der Waals surface area contributed by atoms with Crippen molar-refractivity contribution in [1.82, 2.24) is 4.90 Å². The second kappa shape index (κ2) is 6.49. The van der Waals surface area contributed by atoms with Crippen molar-refractivity contribution in [2.45, 2.75) is 40.7 Å². The quantitative estimate of drug-likeness (QED) is 0.899. The van der Waals surface area contributed by atoms with E-state index in [0.717, 1.165) is 12.2 Å². The Hall–Kier alpha value is -1.22. The molecule has 0 aliphatic rings. The second-order valence-electron chi connectivity index (χ2n) is 6.18. The van der Waals surface area contributed by atoms with Crippen molar-refractivity contribution >= 4 is 23.2 Å². The monoisotopic (exact) mass is 296 g/mol. The molecule has 4 heteroatoms. The van der Waals surface area contributed by atoms with Crippen LogP contribution in [0.15, 0.2) is 18.2 Å². The lowest BCUT2D eigenvalue weighted by molar-refractivity contribution is 0.0630. The van der Waals surface area contributed by atoms with Crippen molar-refractivity contribution in [3.8, 4) is 0 Å². The van der Waals surface area contributed by atoms with Crippen LogP contribution in [-0.2, 0) is 0 Å². The van der Waals surface area contributed by atoms with Crippen LogP contribution in [0.2, 0.25) is 5.02 Å². The number of carbonyl (C=O) groups excluding carboxylic acids is 1.